The summed E-state index contributed by atoms with van der Waals surface area (Å²) in [6, 6.07) is 15.3. The lowest BCUT2D eigenvalue weighted by atomic mass is 9.82. The van der Waals surface area contributed by atoms with Crippen LogP contribution in [0.15, 0.2) is 48.5 Å². The first-order chi connectivity index (χ1) is 20.4. The summed E-state index contributed by atoms with van der Waals surface area (Å²) < 4.78 is 7.84. The van der Waals surface area contributed by atoms with Gasteiger partial charge in [-0.25, -0.2) is 9.78 Å². The average molecular weight is 584 g/mol. The van der Waals surface area contributed by atoms with Crippen molar-refractivity contribution in [2.45, 2.75) is 58.1 Å². The number of Topliss-reactive ketones (excluding diaryl/α,β-unsaturated/α-hetero) is 1. The number of carboxylic acid groups (broad SMARTS) is 1. The van der Waals surface area contributed by atoms with Crippen molar-refractivity contribution in [1.82, 2.24) is 9.55 Å². The van der Waals surface area contributed by atoms with Crippen LogP contribution in [0.25, 0.3) is 32.9 Å². The van der Waals surface area contributed by atoms with E-state index < -0.39 is 5.97 Å². The maximum Gasteiger partial charge on any atom is 0.348 e. The summed E-state index contributed by atoms with van der Waals surface area (Å²) in [6.07, 6.45) is 5.32. The minimum Gasteiger partial charge on any atom is -0.477 e. The maximum atomic E-state index is 14.0. The summed E-state index contributed by atoms with van der Waals surface area (Å²) in [5.41, 5.74) is 4.28. The summed E-state index contributed by atoms with van der Waals surface area (Å²) in [5, 5.41) is 10.3. The van der Waals surface area contributed by atoms with Gasteiger partial charge >= 0.3 is 5.97 Å². The third-order valence-electron chi connectivity index (χ3n) is 9.04. The molecular weight excluding hydrogens is 550 g/mol. The van der Waals surface area contributed by atoms with Crippen molar-refractivity contribution in [2.75, 3.05) is 18.1 Å². The van der Waals surface area contributed by atoms with E-state index in [1.165, 1.54) is 0 Å². The molecule has 2 fully saturated rings. The van der Waals surface area contributed by atoms with E-state index in [4.69, 9.17) is 9.72 Å². The number of thiophene rings is 1. The summed E-state index contributed by atoms with van der Waals surface area (Å²) >= 11 is 1.15. The molecule has 0 bridgehead atoms. The highest BCUT2D eigenvalue weighted by atomic mass is 32.1. The van der Waals surface area contributed by atoms with E-state index in [9.17, 15) is 19.5 Å². The number of carbonyl (C=O) groups excluding carboxylic acids is 2. The predicted molar refractivity (Wildman–Crippen MR) is 162 cm³/mol. The number of ether oxygens (including phenoxy) is 1. The Morgan fingerprint density at radius 2 is 1.88 bits per heavy atom. The van der Waals surface area contributed by atoms with Crippen LogP contribution < -0.4 is 4.90 Å². The Balaban J connectivity index is 1.27. The van der Waals surface area contributed by atoms with Crippen molar-refractivity contribution in [2.24, 2.45) is 11.8 Å². The number of carbonyl (C=O) groups is 3. The van der Waals surface area contributed by atoms with Crippen molar-refractivity contribution >= 4 is 45.7 Å². The third kappa shape index (κ3) is 4.74. The largest absolute Gasteiger partial charge is 0.477 e. The minimum atomic E-state index is -1.06. The Labute approximate surface area is 247 Å². The molecule has 9 heteroatoms. The molecule has 4 aromatic rings. The number of hydrogen-bond donors (Lipinski definition) is 1. The van der Waals surface area contributed by atoms with Crippen LogP contribution in [-0.4, -0.2) is 51.6 Å². The molecule has 8 nitrogen and oxygen atoms in total. The van der Waals surface area contributed by atoms with E-state index in [1.807, 2.05) is 53.1 Å². The number of hydrogen-bond acceptors (Lipinski definition) is 6. The number of carboxylic acids is 1. The lowest BCUT2D eigenvalue weighted by molar-refractivity contribution is -0.123. The molecule has 1 aliphatic carbocycles. The number of anilines is 1. The van der Waals surface area contributed by atoms with Gasteiger partial charge in [0.25, 0.3) is 0 Å². The Bertz CT molecular complexity index is 1710. The van der Waals surface area contributed by atoms with E-state index in [0.717, 1.165) is 77.8 Å². The highest BCUT2D eigenvalue weighted by Gasteiger charge is 2.35. The number of imidazole rings is 1. The molecule has 216 valence electrons. The van der Waals surface area contributed by atoms with Crippen LogP contribution >= 0.6 is 11.3 Å². The zero-order valence-electron chi connectivity index (χ0n) is 23.5. The second-order valence-corrected chi connectivity index (χ2v) is 12.9. The number of benzene rings is 2. The molecule has 1 saturated heterocycles. The first kappa shape index (κ1) is 27.0. The van der Waals surface area contributed by atoms with Gasteiger partial charge in [-0.15, -0.1) is 11.3 Å². The van der Waals surface area contributed by atoms with Crippen molar-refractivity contribution in [3.63, 3.8) is 0 Å². The molecule has 1 atom stereocenters. The number of para-hydroxylation sites is 2. The van der Waals surface area contributed by atoms with Crippen molar-refractivity contribution in [1.29, 1.82) is 0 Å². The zero-order chi connectivity index (χ0) is 29.0. The van der Waals surface area contributed by atoms with Crippen molar-refractivity contribution < 1.29 is 24.2 Å². The molecule has 1 N–H and O–H groups in total. The van der Waals surface area contributed by atoms with Crippen LogP contribution in [0.5, 0.6) is 0 Å². The lowest BCUT2D eigenvalue weighted by Crippen LogP contribution is -2.42. The first-order valence-corrected chi connectivity index (χ1v) is 15.6. The molecule has 2 aromatic heterocycles. The van der Waals surface area contributed by atoms with Crippen LogP contribution in [-0.2, 0) is 16.1 Å². The van der Waals surface area contributed by atoms with Gasteiger partial charge in [0.15, 0.2) is 5.78 Å². The molecule has 1 amide bonds. The summed E-state index contributed by atoms with van der Waals surface area (Å²) in [4.78, 5) is 47.2. The van der Waals surface area contributed by atoms with Crippen molar-refractivity contribution in [3.05, 3.63) is 59.0 Å². The Kier molecular flexibility index (Phi) is 6.94. The fourth-order valence-electron chi connectivity index (χ4n) is 6.70. The number of aromatic nitrogens is 2. The molecule has 2 aliphatic heterocycles. The summed E-state index contributed by atoms with van der Waals surface area (Å²) in [5.74, 6) is 0.152. The maximum absolute atomic E-state index is 14.0. The monoisotopic (exact) mass is 583 g/mol. The number of amides is 1. The van der Waals surface area contributed by atoms with E-state index in [2.05, 4.69) is 6.92 Å². The second kappa shape index (κ2) is 10.8. The van der Waals surface area contributed by atoms with Gasteiger partial charge in [-0.3, -0.25) is 9.59 Å². The van der Waals surface area contributed by atoms with Crippen LogP contribution in [0.1, 0.15) is 65.5 Å². The minimum absolute atomic E-state index is 0.0104. The number of aromatic carboxylic acids is 1. The van der Waals surface area contributed by atoms with Crippen LogP contribution in [0.4, 0.5) is 5.69 Å². The summed E-state index contributed by atoms with van der Waals surface area (Å²) in [7, 11) is 0. The number of ketones is 1. The topological polar surface area (TPSA) is 102 Å². The standard InChI is InChI=1S/C33H33N3O5S/c1-19-8-10-20(11-9-19)32(38)36(17-22-5-4-14-41-22)27-16-29(42-30(27)33(39)40)21-12-13-23-24(15-21)28(37)18-35-26-7-3-2-6-25(26)34-31(23)35/h2-3,6-7,12-13,15-16,19-20,22H,4-5,8-11,14,17-18H2,1H3,(H,39,40). The van der Waals surface area contributed by atoms with Gasteiger partial charge in [0.1, 0.15) is 10.7 Å². The molecule has 0 radical (unpaired) electrons. The van der Waals surface area contributed by atoms with Gasteiger partial charge in [0, 0.05) is 28.5 Å². The van der Waals surface area contributed by atoms with Gasteiger partial charge in [0.2, 0.25) is 5.91 Å². The van der Waals surface area contributed by atoms with E-state index in [0.29, 0.717) is 35.2 Å². The average Bonchev–Trinajstić information content (AvgIpc) is 3.75. The normalized spacial score (nSPS) is 21.7. The zero-order valence-corrected chi connectivity index (χ0v) is 24.4. The smallest absolute Gasteiger partial charge is 0.348 e. The van der Waals surface area contributed by atoms with Gasteiger partial charge in [-0.05, 0) is 80.3 Å². The molecule has 0 spiro atoms. The number of rotatable bonds is 6. The molecule has 1 unspecified atom stereocenters. The summed E-state index contributed by atoms with van der Waals surface area (Å²) in [6.45, 7) is 3.43. The van der Waals surface area contributed by atoms with Gasteiger partial charge in [-0.1, -0.05) is 25.1 Å². The van der Waals surface area contributed by atoms with Crippen molar-refractivity contribution in [3.8, 4) is 21.8 Å². The highest BCUT2D eigenvalue weighted by Crippen LogP contribution is 2.42. The number of nitrogens with zero attached hydrogens (tertiary/aromatic N) is 3. The Morgan fingerprint density at radius 1 is 1.07 bits per heavy atom. The van der Waals surface area contributed by atoms with Crippen LogP contribution in [0.3, 0.4) is 0 Å². The quantitative estimate of drug-likeness (QED) is 0.272. The predicted octanol–water partition coefficient (Wildman–Crippen LogP) is 6.66. The second-order valence-electron chi connectivity index (χ2n) is 11.9. The molecular formula is C33H33N3O5S. The van der Waals surface area contributed by atoms with E-state index in [1.54, 1.807) is 4.90 Å². The molecule has 3 aliphatic rings. The van der Waals surface area contributed by atoms with Crippen LogP contribution in [0, 0.1) is 11.8 Å². The Morgan fingerprint density at radius 3 is 2.64 bits per heavy atom. The van der Waals surface area contributed by atoms with E-state index >= 15 is 0 Å². The van der Waals surface area contributed by atoms with Gasteiger partial charge in [0.05, 0.1) is 35.9 Å². The Hall–Kier alpha value is -3.82. The van der Waals surface area contributed by atoms with Gasteiger partial charge in [-0.2, -0.15) is 0 Å². The van der Waals surface area contributed by atoms with E-state index in [-0.39, 0.29) is 35.1 Å². The molecule has 1 saturated carbocycles. The fraction of sp³-hybridized carbons (Fsp3) is 0.394. The SMILES string of the molecule is CC1CCC(C(=O)N(CC2CCCO2)c2cc(-c3ccc4c(c3)C(=O)Cn3c-4nc4ccccc43)sc2C(=O)O)CC1. The molecule has 2 aromatic carbocycles. The fourth-order valence-corrected chi connectivity index (χ4v) is 7.69. The lowest BCUT2D eigenvalue weighted by Gasteiger charge is -2.32. The van der Waals surface area contributed by atoms with Crippen LogP contribution in [0.2, 0.25) is 0 Å². The number of fused-ring (bicyclic) bond motifs is 5. The molecule has 4 heterocycles. The first-order valence-electron chi connectivity index (χ1n) is 14.8. The molecule has 7 rings (SSSR count). The van der Waals surface area contributed by atoms with Gasteiger partial charge < -0.3 is 19.3 Å². The highest BCUT2D eigenvalue weighted by molar-refractivity contribution is 7.18. The molecule has 42 heavy (non-hydrogen) atoms. The third-order valence-corrected chi connectivity index (χ3v) is 10.2.